The van der Waals surface area contributed by atoms with Gasteiger partial charge in [-0.3, -0.25) is 0 Å². The average molecular weight is 247 g/mol. The van der Waals surface area contributed by atoms with Gasteiger partial charge < -0.3 is 0 Å². The van der Waals surface area contributed by atoms with Crippen molar-refractivity contribution in [3.05, 3.63) is 35.4 Å². The summed E-state index contributed by atoms with van der Waals surface area (Å²) in [6.07, 6.45) is 0.479. The third-order valence-electron chi connectivity index (χ3n) is 2.25. The van der Waals surface area contributed by atoms with Crippen LogP contribution in [0.4, 0.5) is 0 Å². The number of hydrogen-bond acceptors (Lipinski definition) is 2. The fraction of sp³-hybridized carbons (Fsp3) is 0.455. The molecule has 2 nitrogen and oxygen atoms in total. The Morgan fingerprint density at radius 3 is 2.53 bits per heavy atom. The maximum absolute atomic E-state index is 10.8. The molecule has 0 bridgehead atoms. The molecule has 0 saturated heterocycles. The highest BCUT2D eigenvalue weighted by Gasteiger charge is 2.06. The topological polar surface area (TPSA) is 34.1 Å². The van der Waals surface area contributed by atoms with E-state index in [-0.39, 0.29) is 5.75 Å². The molecule has 0 aliphatic heterocycles. The molecule has 1 aromatic carbocycles. The Hall–Kier alpha value is -0.540. The molecule has 0 radical (unpaired) electrons. The molecule has 0 heterocycles. The van der Waals surface area contributed by atoms with Gasteiger partial charge in [-0.25, -0.2) is 8.42 Å². The van der Waals surface area contributed by atoms with Crippen LogP contribution in [0.1, 0.15) is 30.9 Å². The number of benzene rings is 1. The quantitative estimate of drug-likeness (QED) is 0.766. The van der Waals surface area contributed by atoms with Crippen molar-refractivity contribution < 1.29 is 8.42 Å². The minimum Gasteiger partial charge on any atom is -0.212 e. The molecule has 0 aliphatic carbocycles. The first-order valence-electron chi connectivity index (χ1n) is 4.89. The SMILES string of the molecule is CC(C)c1cccc(CCS(=O)(=O)Cl)c1. The van der Waals surface area contributed by atoms with E-state index in [1.165, 1.54) is 5.56 Å². The first-order valence-corrected chi connectivity index (χ1v) is 7.37. The highest BCUT2D eigenvalue weighted by Crippen LogP contribution is 2.16. The van der Waals surface area contributed by atoms with E-state index in [2.05, 4.69) is 13.8 Å². The first kappa shape index (κ1) is 12.5. The maximum Gasteiger partial charge on any atom is 0.232 e. The molecule has 0 N–H and O–H groups in total. The van der Waals surface area contributed by atoms with Crippen LogP contribution >= 0.6 is 10.7 Å². The van der Waals surface area contributed by atoms with Crippen molar-refractivity contribution in [2.45, 2.75) is 26.2 Å². The summed E-state index contributed by atoms with van der Waals surface area (Å²) in [6, 6.07) is 7.95. The summed E-state index contributed by atoms with van der Waals surface area (Å²) in [6.45, 7) is 4.22. The van der Waals surface area contributed by atoms with Gasteiger partial charge in [-0.15, -0.1) is 0 Å². The summed E-state index contributed by atoms with van der Waals surface area (Å²) in [5, 5.41) is 0. The van der Waals surface area contributed by atoms with Crippen molar-refractivity contribution in [3.63, 3.8) is 0 Å². The molecule has 4 heteroatoms. The van der Waals surface area contributed by atoms with Crippen LogP contribution in [-0.4, -0.2) is 14.2 Å². The second-order valence-electron chi connectivity index (χ2n) is 3.89. The van der Waals surface area contributed by atoms with Gasteiger partial charge in [0, 0.05) is 10.7 Å². The van der Waals surface area contributed by atoms with Crippen molar-refractivity contribution >= 4 is 19.7 Å². The van der Waals surface area contributed by atoms with E-state index in [0.29, 0.717) is 12.3 Å². The largest absolute Gasteiger partial charge is 0.232 e. The van der Waals surface area contributed by atoms with E-state index in [1.54, 1.807) is 0 Å². The van der Waals surface area contributed by atoms with Crippen molar-refractivity contribution in [3.8, 4) is 0 Å². The van der Waals surface area contributed by atoms with Gasteiger partial charge in [-0.2, -0.15) is 0 Å². The Bertz CT molecular complexity index is 424. The number of halogens is 1. The van der Waals surface area contributed by atoms with Crippen molar-refractivity contribution in [2.24, 2.45) is 0 Å². The summed E-state index contributed by atoms with van der Waals surface area (Å²) >= 11 is 0. The fourth-order valence-corrected chi connectivity index (χ4v) is 2.06. The molecular formula is C11H15ClO2S. The third kappa shape index (κ3) is 4.67. The molecule has 1 aromatic rings. The Morgan fingerprint density at radius 1 is 1.33 bits per heavy atom. The molecule has 0 atom stereocenters. The molecule has 0 spiro atoms. The van der Waals surface area contributed by atoms with Gasteiger partial charge in [0.1, 0.15) is 0 Å². The van der Waals surface area contributed by atoms with Gasteiger partial charge in [0.15, 0.2) is 0 Å². The molecule has 0 amide bonds. The van der Waals surface area contributed by atoms with Crippen molar-refractivity contribution in [2.75, 3.05) is 5.75 Å². The molecule has 0 fully saturated rings. The van der Waals surface area contributed by atoms with Gasteiger partial charge in [0.25, 0.3) is 0 Å². The second-order valence-corrected chi connectivity index (χ2v) is 6.79. The number of aryl methyl sites for hydroxylation is 1. The van der Waals surface area contributed by atoms with E-state index in [9.17, 15) is 8.42 Å². The van der Waals surface area contributed by atoms with Gasteiger partial charge in [0.05, 0.1) is 5.75 Å². The highest BCUT2D eigenvalue weighted by molar-refractivity contribution is 8.13. The molecule has 0 aromatic heterocycles. The van der Waals surface area contributed by atoms with E-state index in [4.69, 9.17) is 10.7 Å². The second kappa shape index (κ2) is 4.99. The van der Waals surface area contributed by atoms with Gasteiger partial charge >= 0.3 is 0 Å². The molecule has 1 rings (SSSR count). The van der Waals surface area contributed by atoms with Crippen LogP contribution in [0.15, 0.2) is 24.3 Å². The lowest BCUT2D eigenvalue weighted by Gasteiger charge is -2.07. The van der Waals surface area contributed by atoms with Gasteiger partial charge in [0.2, 0.25) is 9.05 Å². The predicted octanol–water partition coefficient (Wildman–Crippen LogP) is 2.92. The van der Waals surface area contributed by atoms with Crippen LogP contribution in [0.5, 0.6) is 0 Å². The Labute approximate surface area is 95.7 Å². The smallest absolute Gasteiger partial charge is 0.212 e. The summed E-state index contributed by atoms with van der Waals surface area (Å²) in [7, 11) is 1.77. The Kier molecular flexibility index (Phi) is 4.17. The van der Waals surface area contributed by atoms with E-state index >= 15 is 0 Å². The molecule has 0 saturated carbocycles. The van der Waals surface area contributed by atoms with Crippen LogP contribution in [0.25, 0.3) is 0 Å². The summed E-state index contributed by atoms with van der Waals surface area (Å²) in [5.41, 5.74) is 2.24. The zero-order valence-corrected chi connectivity index (χ0v) is 10.5. The maximum atomic E-state index is 10.8. The van der Waals surface area contributed by atoms with E-state index < -0.39 is 9.05 Å². The first-order chi connectivity index (χ1) is 6.88. The van der Waals surface area contributed by atoms with Gasteiger partial charge in [-0.1, -0.05) is 38.1 Å². The van der Waals surface area contributed by atoms with E-state index in [1.807, 2.05) is 24.3 Å². The molecule has 84 valence electrons. The van der Waals surface area contributed by atoms with Crippen LogP contribution in [0.2, 0.25) is 0 Å². The lowest BCUT2D eigenvalue weighted by Crippen LogP contribution is -2.01. The monoisotopic (exact) mass is 246 g/mol. The highest BCUT2D eigenvalue weighted by atomic mass is 35.7. The number of hydrogen-bond donors (Lipinski definition) is 0. The predicted molar refractivity (Wildman–Crippen MR) is 63.9 cm³/mol. The van der Waals surface area contributed by atoms with Crippen molar-refractivity contribution in [1.29, 1.82) is 0 Å². The third-order valence-corrected chi connectivity index (χ3v) is 3.41. The van der Waals surface area contributed by atoms with Crippen LogP contribution in [0.3, 0.4) is 0 Å². The van der Waals surface area contributed by atoms with E-state index in [0.717, 1.165) is 5.56 Å². The lowest BCUT2D eigenvalue weighted by molar-refractivity contribution is 0.609. The zero-order valence-electron chi connectivity index (χ0n) is 8.90. The summed E-state index contributed by atoms with van der Waals surface area (Å²) < 4.78 is 21.6. The Morgan fingerprint density at radius 2 is 2.00 bits per heavy atom. The average Bonchev–Trinajstić information content (AvgIpc) is 2.14. The minimum atomic E-state index is -3.38. The number of rotatable bonds is 4. The normalized spacial score (nSPS) is 12.0. The Balaban J connectivity index is 2.74. The summed E-state index contributed by atoms with van der Waals surface area (Å²) in [5.74, 6) is 0.452. The van der Waals surface area contributed by atoms with Crippen molar-refractivity contribution in [1.82, 2.24) is 0 Å². The zero-order chi connectivity index (χ0) is 11.5. The van der Waals surface area contributed by atoms with Gasteiger partial charge in [-0.05, 0) is 23.5 Å². The standard InChI is InChI=1S/C11H15ClO2S/c1-9(2)11-5-3-4-10(8-11)6-7-15(12,13)14/h3-5,8-9H,6-7H2,1-2H3. The lowest BCUT2D eigenvalue weighted by atomic mass is 10.0. The van der Waals surface area contributed by atoms with Crippen LogP contribution in [-0.2, 0) is 15.5 Å². The molecule has 0 aliphatic rings. The summed E-state index contributed by atoms with van der Waals surface area (Å²) in [4.78, 5) is 0. The van der Waals surface area contributed by atoms with Crippen LogP contribution in [0, 0.1) is 0 Å². The molecule has 0 unspecified atom stereocenters. The molecular weight excluding hydrogens is 232 g/mol. The molecule has 15 heavy (non-hydrogen) atoms. The van der Waals surface area contributed by atoms with Crippen LogP contribution < -0.4 is 0 Å². The fourth-order valence-electron chi connectivity index (χ4n) is 1.35. The minimum absolute atomic E-state index is 0.00386.